The minimum Gasteiger partial charge on any atom is -0.423 e. The minimum absolute atomic E-state index is 0.0368. The standard InChI is InChI=1S/C22H32N2O3/c1-14(2)24(15(3)4)12-11-23-21(25)10-9-19-17(6)18-8-7-16(5)13-20(18)27-22(19)26/h7-8,13-15H,9-12H2,1-6H3,(H,23,25). The van der Waals surface area contributed by atoms with Crippen LogP contribution in [0.3, 0.4) is 0 Å². The number of hydrogen-bond donors (Lipinski definition) is 1. The summed E-state index contributed by atoms with van der Waals surface area (Å²) in [4.78, 5) is 26.9. The molecule has 0 fully saturated rings. The number of fused-ring (bicyclic) bond motifs is 1. The van der Waals surface area contributed by atoms with E-state index in [9.17, 15) is 9.59 Å². The second kappa shape index (κ2) is 9.18. The molecule has 0 saturated carbocycles. The van der Waals surface area contributed by atoms with E-state index >= 15 is 0 Å². The van der Waals surface area contributed by atoms with E-state index in [-0.39, 0.29) is 18.0 Å². The van der Waals surface area contributed by atoms with Crippen LogP contribution in [0.1, 0.15) is 50.8 Å². The van der Waals surface area contributed by atoms with Crippen LogP contribution in [0.4, 0.5) is 0 Å². The van der Waals surface area contributed by atoms with E-state index in [1.165, 1.54) is 0 Å². The van der Waals surface area contributed by atoms with Gasteiger partial charge in [-0.1, -0.05) is 12.1 Å². The third-order valence-electron chi connectivity index (χ3n) is 5.06. The lowest BCUT2D eigenvalue weighted by Crippen LogP contribution is -2.42. The smallest absolute Gasteiger partial charge is 0.339 e. The minimum atomic E-state index is -0.343. The van der Waals surface area contributed by atoms with Gasteiger partial charge in [-0.2, -0.15) is 0 Å². The second-order valence-electron chi connectivity index (χ2n) is 7.77. The highest BCUT2D eigenvalue weighted by Crippen LogP contribution is 2.21. The fraction of sp³-hybridized carbons (Fsp3) is 0.545. The summed E-state index contributed by atoms with van der Waals surface area (Å²) < 4.78 is 5.46. The summed E-state index contributed by atoms with van der Waals surface area (Å²) in [7, 11) is 0. The van der Waals surface area contributed by atoms with Crippen LogP contribution in [0, 0.1) is 13.8 Å². The van der Waals surface area contributed by atoms with Crippen LogP contribution in [-0.2, 0) is 11.2 Å². The van der Waals surface area contributed by atoms with Gasteiger partial charge >= 0.3 is 5.63 Å². The summed E-state index contributed by atoms with van der Waals surface area (Å²) >= 11 is 0. The molecule has 1 heterocycles. The highest BCUT2D eigenvalue weighted by atomic mass is 16.4. The molecule has 0 saturated heterocycles. The Morgan fingerprint density at radius 1 is 1.15 bits per heavy atom. The van der Waals surface area contributed by atoms with Crippen molar-refractivity contribution in [1.82, 2.24) is 10.2 Å². The molecule has 0 spiro atoms. The Bertz CT molecular complexity index is 844. The first-order valence-electron chi connectivity index (χ1n) is 9.76. The molecule has 0 aliphatic rings. The van der Waals surface area contributed by atoms with Crippen molar-refractivity contribution in [3.8, 4) is 0 Å². The first-order chi connectivity index (χ1) is 12.7. The Morgan fingerprint density at radius 2 is 1.81 bits per heavy atom. The Balaban J connectivity index is 1.97. The van der Waals surface area contributed by atoms with Crippen LogP contribution < -0.4 is 10.9 Å². The zero-order valence-corrected chi connectivity index (χ0v) is 17.4. The van der Waals surface area contributed by atoms with Gasteiger partial charge in [0, 0.05) is 42.5 Å². The Kier molecular flexibility index (Phi) is 7.19. The molecule has 0 aliphatic heterocycles. The van der Waals surface area contributed by atoms with E-state index in [0.717, 1.165) is 23.1 Å². The average molecular weight is 373 g/mol. The molecule has 1 N–H and O–H groups in total. The first-order valence-corrected chi connectivity index (χ1v) is 9.76. The second-order valence-corrected chi connectivity index (χ2v) is 7.77. The molecule has 2 aromatic rings. The summed E-state index contributed by atoms with van der Waals surface area (Å²) in [6, 6.07) is 6.72. The highest BCUT2D eigenvalue weighted by Gasteiger charge is 2.15. The monoisotopic (exact) mass is 372 g/mol. The number of aryl methyl sites for hydroxylation is 2. The van der Waals surface area contributed by atoms with Crippen molar-refractivity contribution in [2.75, 3.05) is 13.1 Å². The average Bonchev–Trinajstić information content (AvgIpc) is 2.57. The maximum Gasteiger partial charge on any atom is 0.339 e. The lowest BCUT2D eigenvalue weighted by molar-refractivity contribution is -0.121. The van der Waals surface area contributed by atoms with E-state index in [2.05, 4.69) is 37.9 Å². The van der Waals surface area contributed by atoms with Gasteiger partial charge in [0.05, 0.1) is 0 Å². The van der Waals surface area contributed by atoms with Crippen LogP contribution in [0.2, 0.25) is 0 Å². The zero-order chi connectivity index (χ0) is 20.1. The van der Waals surface area contributed by atoms with Crippen LogP contribution in [0.25, 0.3) is 11.0 Å². The number of benzene rings is 1. The summed E-state index contributed by atoms with van der Waals surface area (Å²) in [6.45, 7) is 13.9. The topological polar surface area (TPSA) is 62.6 Å². The molecule has 2 rings (SSSR count). The van der Waals surface area contributed by atoms with Crippen LogP contribution in [0.15, 0.2) is 27.4 Å². The van der Waals surface area contributed by atoms with Gasteiger partial charge in [0.15, 0.2) is 0 Å². The molecule has 0 radical (unpaired) electrons. The van der Waals surface area contributed by atoms with Crippen molar-refractivity contribution >= 4 is 16.9 Å². The molecule has 0 aliphatic carbocycles. The molecule has 0 unspecified atom stereocenters. The maximum absolute atomic E-state index is 12.3. The number of nitrogens with zero attached hydrogens (tertiary/aromatic N) is 1. The van der Waals surface area contributed by atoms with Gasteiger partial charge in [0.2, 0.25) is 5.91 Å². The third-order valence-corrected chi connectivity index (χ3v) is 5.06. The number of carbonyl (C=O) groups excluding carboxylic acids is 1. The van der Waals surface area contributed by atoms with Gasteiger partial charge < -0.3 is 9.73 Å². The van der Waals surface area contributed by atoms with Gasteiger partial charge in [0.1, 0.15) is 5.58 Å². The maximum atomic E-state index is 12.3. The van der Waals surface area contributed by atoms with Crippen LogP contribution in [-0.4, -0.2) is 36.0 Å². The fourth-order valence-corrected chi connectivity index (χ4v) is 3.55. The van der Waals surface area contributed by atoms with Crippen molar-refractivity contribution in [1.29, 1.82) is 0 Å². The molecule has 1 aromatic carbocycles. The summed E-state index contributed by atoms with van der Waals surface area (Å²) in [5.74, 6) is -0.0368. The van der Waals surface area contributed by atoms with Gasteiger partial charge in [-0.25, -0.2) is 4.79 Å². The number of hydrogen-bond acceptors (Lipinski definition) is 4. The number of nitrogens with one attached hydrogen (secondary N) is 1. The Labute approximate surface area is 161 Å². The summed E-state index contributed by atoms with van der Waals surface area (Å²) in [5.41, 5.74) is 2.80. The highest BCUT2D eigenvalue weighted by molar-refractivity contribution is 5.82. The molecule has 0 bridgehead atoms. The summed E-state index contributed by atoms with van der Waals surface area (Å²) in [6.07, 6.45) is 0.675. The molecule has 1 aromatic heterocycles. The number of rotatable bonds is 8. The lowest BCUT2D eigenvalue weighted by atomic mass is 10.0. The molecule has 1 amide bonds. The van der Waals surface area contributed by atoms with Crippen molar-refractivity contribution in [3.05, 3.63) is 45.3 Å². The molecule has 5 heteroatoms. The van der Waals surface area contributed by atoms with Crippen LogP contribution >= 0.6 is 0 Å². The van der Waals surface area contributed by atoms with Crippen molar-refractivity contribution in [2.24, 2.45) is 0 Å². The van der Waals surface area contributed by atoms with Gasteiger partial charge in [-0.05, 0) is 65.2 Å². The predicted octanol–water partition coefficient (Wildman–Crippen LogP) is 3.58. The summed E-state index contributed by atoms with van der Waals surface area (Å²) in [5, 5.41) is 3.89. The first kappa shape index (κ1) is 21.2. The largest absolute Gasteiger partial charge is 0.423 e. The predicted molar refractivity (Wildman–Crippen MR) is 110 cm³/mol. The van der Waals surface area contributed by atoms with Gasteiger partial charge in [-0.3, -0.25) is 9.69 Å². The van der Waals surface area contributed by atoms with Crippen molar-refractivity contribution < 1.29 is 9.21 Å². The molecule has 0 atom stereocenters. The van der Waals surface area contributed by atoms with E-state index < -0.39 is 0 Å². The Hall–Kier alpha value is -2.14. The molecule has 148 valence electrons. The Morgan fingerprint density at radius 3 is 2.44 bits per heavy atom. The SMILES string of the molecule is Cc1ccc2c(C)c(CCC(=O)NCCN(C(C)C)C(C)C)c(=O)oc2c1. The molecule has 5 nitrogen and oxygen atoms in total. The van der Waals surface area contributed by atoms with Gasteiger partial charge in [0.25, 0.3) is 0 Å². The zero-order valence-electron chi connectivity index (χ0n) is 17.4. The van der Waals surface area contributed by atoms with E-state index in [0.29, 0.717) is 36.2 Å². The van der Waals surface area contributed by atoms with E-state index in [1.807, 2.05) is 32.0 Å². The van der Waals surface area contributed by atoms with E-state index in [1.54, 1.807) is 0 Å². The lowest BCUT2D eigenvalue weighted by Gasteiger charge is -2.30. The molecule has 27 heavy (non-hydrogen) atoms. The number of amides is 1. The van der Waals surface area contributed by atoms with Gasteiger partial charge in [-0.15, -0.1) is 0 Å². The fourth-order valence-electron chi connectivity index (χ4n) is 3.55. The van der Waals surface area contributed by atoms with Crippen molar-refractivity contribution in [2.45, 2.75) is 66.5 Å². The third kappa shape index (κ3) is 5.42. The van der Waals surface area contributed by atoms with E-state index in [4.69, 9.17) is 4.42 Å². The quantitative estimate of drug-likeness (QED) is 0.720. The van der Waals surface area contributed by atoms with Crippen molar-refractivity contribution in [3.63, 3.8) is 0 Å². The number of carbonyl (C=O) groups is 1. The molecular weight excluding hydrogens is 340 g/mol. The van der Waals surface area contributed by atoms with Crippen LogP contribution in [0.5, 0.6) is 0 Å². The normalized spacial score (nSPS) is 11.7. The molecular formula is C22H32N2O3.